The lowest BCUT2D eigenvalue weighted by molar-refractivity contribution is -0.274. The second-order valence-electron chi connectivity index (χ2n) is 4.54. The maximum absolute atomic E-state index is 12.1. The van der Waals surface area contributed by atoms with Crippen molar-refractivity contribution in [3.63, 3.8) is 0 Å². The predicted octanol–water partition coefficient (Wildman–Crippen LogP) is 3.17. The van der Waals surface area contributed by atoms with Crippen LogP contribution in [0.2, 0.25) is 0 Å². The van der Waals surface area contributed by atoms with E-state index in [0.717, 1.165) is 0 Å². The molecule has 128 valence electrons. The molecule has 0 spiro atoms. The van der Waals surface area contributed by atoms with Crippen molar-refractivity contribution in [1.82, 2.24) is 9.97 Å². The Hall–Kier alpha value is -2.81. The normalized spacial score (nSPS) is 11.0. The van der Waals surface area contributed by atoms with Gasteiger partial charge in [0.25, 0.3) is 0 Å². The Balaban J connectivity index is 2.17. The largest absolute Gasteiger partial charge is 0.573 e. The van der Waals surface area contributed by atoms with Gasteiger partial charge in [-0.25, -0.2) is 9.97 Å². The molecular weight excluding hydrogens is 325 g/mol. The van der Waals surface area contributed by atoms with E-state index in [1.807, 2.05) is 0 Å². The van der Waals surface area contributed by atoms with E-state index < -0.39 is 6.36 Å². The Morgan fingerprint density at radius 2 is 1.83 bits per heavy atom. The molecule has 0 fully saturated rings. The molecule has 2 aromatic rings. The third kappa shape index (κ3) is 4.85. The van der Waals surface area contributed by atoms with Gasteiger partial charge in [0.2, 0.25) is 0 Å². The summed E-state index contributed by atoms with van der Waals surface area (Å²) in [5.74, 6) is 0.587. The van der Waals surface area contributed by atoms with Crippen molar-refractivity contribution in [2.45, 2.75) is 6.36 Å². The summed E-state index contributed by atoms with van der Waals surface area (Å²) >= 11 is 0. The molecule has 0 aliphatic rings. The summed E-state index contributed by atoms with van der Waals surface area (Å²) in [6, 6.07) is 5.23. The number of ether oxygens (including phenoxy) is 1. The van der Waals surface area contributed by atoms with Gasteiger partial charge in [-0.3, -0.25) is 0 Å². The van der Waals surface area contributed by atoms with Crippen molar-refractivity contribution in [1.29, 1.82) is 0 Å². The van der Waals surface area contributed by atoms with E-state index >= 15 is 0 Å². The molecule has 24 heavy (non-hydrogen) atoms. The molecule has 9 heteroatoms. The van der Waals surface area contributed by atoms with Crippen LogP contribution in [0.4, 0.5) is 30.5 Å². The highest BCUT2D eigenvalue weighted by Gasteiger charge is 2.30. The molecule has 1 heterocycles. The van der Waals surface area contributed by atoms with Crippen molar-refractivity contribution in [2.75, 3.05) is 23.8 Å². The molecule has 0 saturated carbocycles. The van der Waals surface area contributed by atoms with Gasteiger partial charge in [0.15, 0.2) is 0 Å². The smallest absolute Gasteiger partial charge is 0.406 e. The second-order valence-corrected chi connectivity index (χ2v) is 4.54. The first-order valence-corrected chi connectivity index (χ1v) is 6.88. The van der Waals surface area contributed by atoms with E-state index in [9.17, 15) is 13.2 Å². The quantitative estimate of drug-likeness (QED) is 0.718. The molecule has 1 aromatic heterocycles. The third-order valence-corrected chi connectivity index (χ3v) is 2.84. The number of rotatable bonds is 7. The molecule has 3 N–H and O–H groups in total. The van der Waals surface area contributed by atoms with E-state index in [2.05, 4.69) is 31.9 Å². The number of benzene rings is 1. The van der Waals surface area contributed by atoms with Crippen molar-refractivity contribution >= 4 is 23.4 Å². The molecular formula is C15H15F3N4O2. The summed E-state index contributed by atoms with van der Waals surface area (Å²) in [6.45, 7) is 3.93. The summed E-state index contributed by atoms with van der Waals surface area (Å²) in [6.07, 6.45) is -1.88. The van der Waals surface area contributed by atoms with Gasteiger partial charge in [-0.05, 0) is 24.3 Å². The Morgan fingerprint density at radius 1 is 1.17 bits per heavy atom. The Kier molecular flexibility index (Phi) is 5.59. The Morgan fingerprint density at radius 3 is 2.42 bits per heavy atom. The number of anilines is 3. The maximum atomic E-state index is 12.1. The average molecular weight is 340 g/mol. The van der Waals surface area contributed by atoms with Crippen LogP contribution in [-0.2, 0) is 0 Å². The molecule has 0 radical (unpaired) electrons. The first kappa shape index (κ1) is 17.5. The van der Waals surface area contributed by atoms with Crippen LogP contribution in [0, 0.1) is 0 Å². The van der Waals surface area contributed by atoms with E-state index in [1.165, 1.54) is 36.7 Å². The van der Waals surface area contributed by atoms with Gasteiger partial charge in [0.1, 0.15) is 23.7 Å². The minimum absolute atomic E-state index is 0.0655. The minimum Gasteiger partial charge on any atom is -0.406 e. The molecule has 0 amide bonds. The van der Waals surface area contributed by atoms with Gasteiger partial charge in [-0.15, -0.1) is 13.2 Å². The van der Waals surface area contributed by atoms with Crippen LogP contribution in [0.3, 0.4) is 0 Å². The van der Waals surface area contributed by atoms with Gasteiger partial charge in [0, 0.05) is 12.2 Å². The van der Waals surface area contributed by atoms with Crippen molar-refractivity contribution < 1.29 is 23.0 Å². The number of aromatic nitrogens is 2. The topological polar surface area (TPSA) is 79.3 Å². The van der Waals surface area contributed by atoms with Gasteiger partial charge in [-0.2, -0.15) is 0 Å². The fraction of sp³-hybridized carbons (Fsp3) is 0.200. The summed E-state index contributed by atoms with van der Waals surface area (Å²) in [7, 11) is 0. The number of halogens is 3. The third-order valence-electron chi connectivity index (χ3n) is 2.84. The van der Waals surface area contributed by atoms with Crippen LogP contribution in [0.5, 0.6) is 5.75 Å². The predicted molar refractivity (Wildman–Crippen MR) is 84.1 cm³/mol. The zero-order chi connectivity index (χ0) is 17.6. The summed E-state index contributed by atoms with van der Waals surface area (Å²) in [4.78, 5) is 8.14. The van der Waals surface area contributed by atoms with Gasteiger partial charge < -0.3 is 20.5 Å². The molecule has 2 rings (SSSR count). The monoisotopic (exact) mass is 340 g/mol. The fourth-order valence-electron chi connectivity index (χ4n) is 1.88. The first-order chi connectivity index (χ1) is 11.4. The Labute approximate surface area is 136 Å². The van der Waals surface area contributed by atoms with Crippen LogP contribution in [0.15, 0.2) is 37.2 Å². The van der Waals surface area contributed by atoms with Crippen LogP contribution in [0.25, 0.3) is 6.08 Å². The van der Waals surface area contributed by atoms with E-state index in [4.69, 9.17) is 5.11 Å². The van der Waals surface area contributed by atoms with E-state index in [-0.39, 0.29) is 12.4 Å². The van der Waals surface area contributed by atoms with Crippen LogP contribution in [0.1, 0.15) is 5.56 Å². The van der Waals surface area contributed by atoms with Crippen LogP contribution >= 0.6 is 0 Å². The number of alkyl halides is 3. The lowest BCUT2D eigenvalue weighted by Gasteiger charge is -2.13. The number of nitrogens with zero attached hydrogens (tertiary/aromatic N) is 2. The molecule has 6 nitrogen and oxygen atoms in total. The van der Waals surface area contributed by atoms with Gasteiger partial charge in [0.05, 0.1) is 12.2 Å². The van der Waals surface area contributed by atoms with Crippen molar-refractivity contribution in [2.24, 2.45) is 0 Å². The number of hydrogen-bond acceptors (Lipinski definition) is 6. The van der Waals surface area contributed by atoms with Crippen LogP contribution in [-0.4, -0.2) is 34.6 Å². The zero-order valence-corrected chi connectivity index (χ0v) is 12.5. The number of nitrogens with one attached hydrogen (secondary N) is 2. The summed E-state index contributed by atoms with van der Waals surface area (Å²) in [5, 5.41) is 14.7. The van der Waals surface area contributed by atoms with Crippen LogP contribution < -0.4 is 15.4 Å². The first-order valence-electron chi connectivity index (χ1n) is 6.88. The number of hydrogen-bond donors (Lipinski definition) is 3. The lowest BCUT2D eigenvalue weighted by atomic mass is 10.2. The number of aliphatic hydroxyl groups is 1. The van der Waals surface area contributed by atoms with Crippen molar-refractivity contribution in [3.05, 3.63) is 42.7 Å². The highest BCUT2D eigenvalue weighted by Crippen LogP contribution is 2.27. The molecule has 0 atom stereocenters. The average Bonchev–Trinajstić information content (AvgIpc) is 2.53. The SMILES string of the molecule is C=Cc1c(NCCO)ncnc1Nc1ccc(OC(F)(F)F)cc1. The van der Waals surface area contributed by atoms with E-state index in [1.54, 1.807) is 0 Å². The molecule has 1 aromatic carbocycles. The zero-order valence-electron chi connectivity index (χ0n) is 12.5. The van der Waals surface area contributed by atoms with Gasteiger partial charge in [-0.1, -0.05) is 12.7 Å². The summed E-state index contributed by atoms with van der Waals surface area (Å²) in [5.41, 5.74) is 1.08. The van der Waals surface area contributed by atoms with Gasteiger partial charge >= 0.3 is 6.36 Å². The molecule has 0 unspecified atom stereocenters. The molecule has 0 aliphatic heterocycles. The maximum Gasteiger partial charge on any atom is 0.573 e. The molecule has 0 bridgehead atoms. The fourth-order valence-corrected chi connectivity index (χ4v) is 1.88. The van der Waals surface area contributed by atoms with Crippen molar-refractivity contribution in [3.8, 4) is 5.75 Å². The highest BCUT2D eigenvalue weighted by atomic mass is 19.4. The lowest BCUT2D eigenvalue weighted by Crippen LogP contribution is -2.17. The standard InChI is InChI=1S/C15H15F3N4O2/c1-2-12-13(19-7-8-23)20-9-21-14(12)22-10-3-5-11(6-4-10)24-15(16,17)18/h2-6,9,23H,1,7-8H2,(H2,19,20,21,22). The van der Waals surface area contributed by atoms with E-state index in [0.29, 0.717) is 29.4 Å². The number of aliphatic hydroxyl groups excluding tert-OH is 1. The summed E-state index contributed by atoms with van der Waals surface area (Å²) < 4.78 is 40.2. The highest BCUT2D eigenvalue weighted by molar-refractivity contribution is 5.75. The second kappa shape index (κ2) is 7.64. The molecule has 0 saturated heterocycles. The molecule has 0 aliphatic carbocycles. The Bertz CT molecular complexity index is 690. The minimum atomic E-state index is -4.73.